The monoisotopic (exact) mass is 255 g/mol. The Labute approximate surface area is 107 Å². The topological polar surface area (TPSA) is 37.4 Å². The zero-order valence-electron chi connectivity index (χ0n) is 10.0. The van der Waals surface area contributed by atoms with Crippen molar-refractivity contribution >= 4 is 17.3 Å². The van der Waals surface area contributed by atoms with Gasteiger partial charge in [-0.05, 0) is 13.0 Å². The van der Waals surface area contributed by atoms with Gasteiger partial charge in [0.15, 0.2) is 0 Å². The van der Waals surface area contributed by atoms with Gasteiger partial charge >= 0.3 is 0 Å². The highest BCUT2D eigenvalue weighted by Crippen LogP contribution is 2.20. The second-order valence-corrected chi connectivity index (χ2v) is 4.72. The van der Waals surface area contributed by atoms with Crippen molar-refractivity contribution in [2.24, 2.45) is 0 Å². The van der Waals surface area contributed by atoms with E-state index in [1.165, 1.54) is 0 Å². The van der Waals surface area contributed by atoms with Crippen LogP contribution < -0.4 is 5.32 Å². The fourth-order valence-electron chi connectivity index (χ4n) is 1.97. The van der Waals surface area contributed by atoms with E-state index in [-0.39, 0.29) is 0 Å². The molecule has 4 nitrogen and oxygen atoms in total. The number of rotatable bonds is 4. The van der Waals surface area contributed by atoms with Gasteiger partial charge in [0.25, 0.3) is 0 Å². The molecule has 0 radical (unpaired) electrons. The number of morpholine rings is 1. The predicted octanol–water partition coefficient (Wildman–Crippen LogP) is 1.87. The number of aromatic nitrogens is 1. The Morgan fingerprint density at radius 1 is 1.53 bits per heavy atom. The molecule has 1 aromatic heterocycles. The molecule has 1 fully saturated rings. The SMILES string of the molecule is C[C@H](CN1CCOCC1)Nc1ccncc1Cl. The smallest absolute Gasteiger partial charge is 0.0820 e. The molecule has 2 heterocycles. The Hall–Kier alpha value is -0.840. The molecular formula is C12H18ClN3O. The molecule has 1 atom stereocenters. The van der Waals surface area contributed by atoms with Crippen molar-refractivity contribution in [3.05, 3.63) is 23.5 Å². The molecule has 1 aromatic rings. The zero-order valence-corrected chi connectivity index (χ0v) is 10.8. The lowest BCUT2D eigenvalue weighted by molar-refractivity contribution is 0.0368. The maximum atomic E-state index is 6.05. The first-order valence-electron chi connectivity index (χ1n) is 5.92. The normalized spacial score (nSPS) is 18.9. The van der Waals surface area contributed by atoms with Gasteiger partial charge in [-0.25, -0.2) is 0 Å². The Morgan fingerprint density at radius 2 is 2.29 bits per heavy atom. The van der Waals surface area contributed by atoms with Crippen LogP contribution in [0.1, 0.15) is 6.92 Å². The lowest BCUT2D eigenvalue weighted by Crippen LogP contribution is -2.42. The summed E-state index contributed by atoms with van der Waals surface area (Å²) in [6.45, 7) is 6.85. The minimum Gasteiger partial charge on any atom is -0.380 e. The van der Waals surface area contributed by atoms with Gasteiger partial charge < -0.3 is 10.1 Å². The second-order valence-electron chi connectivity index (χ2n) is 4.31. The summed E-state index contributed by atoms with van der Waals surface area (Å²) in [5.74, 6) is 0. The molecule has 0 amide bonds. The van der Waals surface area contributed by atoms with Crippen LogP contribution in [0.15, 0.2) is 18.5 Å². The van der Waals surface area contributed by atoms with Gasteiger partial charge in [-0.1, -0.05) is 11.6 Å². The first kappa shape index (κ1) is 12.6. The molecule has 0 unspecified atom stereocenters. The molecule has 2 rings (SSSR count). The molecule has 0 saturated carbocycles. The van der Waals surface area contributed by atoms with Crippen LogP contribution in [-0.4, -0.2) is 48.8 Å². The number of hydrogen-bond acceptors (Lipinski definition) is 4. The van der Waals surface area contributed by atoms with Gasteiger partial charge in [-0.3, -0.25) is 9.88 Å². The summed E-state index contributed by atoms with van der Waals surface area (Å²) < 4.78 is 5.33. The molecule has 5 heteroatoms. The van der Waals surface area contributed by atoms with Gasteiger partial charge in [0.2, 0.25) is 0 Å². The Morgan fingerprint density at radius 3 is 3.00 bits per heavy atom. The number of nitrogens with one attached hydrogen (secondary N) is 1. The van der Waals surface area contributed by atoms with Gasteiger partial charge in [0, 0.05) is 38.1 Å². The van der Waals surface area contributed by atoms with Crippen LogP contribution in [0.5, 0.6) is 0 Å². The summed E-state index contributed by atoms with van der Waals surface area (Å²) in [4.78, 5) is 6.37. The average molecular weight is 256 g/mol. The molecule has 1 aliphatic heterocycles. The summed E-state index contributed by atoms with van der Waals surface area (Å²) in [5, 5.41) is 4.07. The van der Waals surface area contributed by atoms with E-state index in [2.05, 4.69) is 22.1 Å². The van der Waals surface area contributed by atoms with Crippen molar-refractivity contribution in [1.82, 2.24) is 9.88 Å². The molecule has 94 valence electrons. The van der Waals surface area contributed by atoms with E-state index in [0.717, 1.165) is 38.5 Å². The summed E-state index contributed by atoms with van der Waals surface area (Å²) in [5.41, 5.74) is 0.947. The zero-order chi connectivity index (χ0) is 12.1. The second kappa shape index (κ2) is 6.19. The highest BCUT2D eigenvalue weighted by atomic mass is 35.5. The Kier molecular flexibility index (Phi) is 4.59. The molecule has 1 saturated heterocycles. The van der Waals surface area contributed by atoms with Crippen LogP contribution in [-0.2, 0) is 4.74 Å². The van der Waals surface area contributed by atoms with Crippen molar-refractivity contribution in [2.45, 2.75) is 13.0 Å². The van der Waals surface area contributed by atoms with E-state index in [0.29, 0.717) is 11.1 Å². The van der Waals surface area contributed by atoms with Crippen molar-refractivity contribution in [1.29, 1.82) is 0 Å². The van der Waals surface area contributed by atoms with E-state index in [4.69, 9.17) is 16.3 Å². The largest absolute Gasteiger partial charge is 0.380 e. The molecule has 1 N–H and O–H groups in total. The third-order valence-electron chi connectivity index (χ3n) is 2.81. The third-order valence-corrected chi connectivity index (χ3v) is 3.11. The quantitative estimate of drug-likeness (QED) is 0.891. The molecule has 0 spiro atoms. The van der Waals surface area contributed by atoms with E-state index in [9.17, 15) is 0 Å². The first-order valence-corrected chi connectivity index (χ1v) is 6.29. The minimum atomic E-state index is 0.355. The average Bonchev–Trinajstić information content (AvgIpc) is 2.33. The Balaban J connectivity index is 1.84. The summed E-state index contributed by atoms with van der Waals surface area (Å²) in [6.07, 6.45) is 3.40. The van der Waals surface area contributed by atoms with Crippen molar-refractivity contribution in [2.75, 3.05) is 38.2 Å². The highest BCUT2D eigenvalue weighted by Gasteiger charge is 2.14. The number of hydrogen-bond donors (Lipinski definition) is 1. The van der Waals surface area contributed by atoms with E-state index >= 15 is 0 Å². The maximum Gasteiger partial charge on any atom is 0.0820 e. The van der Waals surface area contributed by atoms with Gasteiger partial charge in [-0.2, -0.15) is 0 Å². The van der Waals surface area contributed by atoms with Crippen LogP contribution in [0.3, 0.4) is 0 Å². The number of pyridine rings is 1. The van der Waals surface area contributed by atoms with E-state index in [1.54, 1.807) is 12.4 Å². The number of ether oxygens (including phenoxy) is 1. The number of anilines is 1. The first-order chi connectivity index (χ1) is 8.25. The minimum absolute atomic E-state index is 0.355. The van der Waals surface area contributed by atoms with Crippen LogP contribution >= 0.6 is 11.6 Å². The standard InChI is InChI=1S/C12H18ClN3O/c1-10(9-16-4-6-17-7-5-16)15-12-2-3-14-8-11(12)13/h2-3,8,10H,4-7,9H2,1H3,(H,14,15)/t10-/m1/s1. The maximum absolute atomic E-state index is 6.05. The van der Waals surface area contributed by atoms with Gasteiger partial charge in [0.1, 0.15) is 0 Å². The summed E-state index contributed by atoms with van der Waals surface area (Å²) >= 11 is 6.05. The van der Waals surface area contributed by atoms with E-state index < -0.39 is 0 Å². The van der Waals surface area contributed by atoms with Crippen LogP contribution in [0, 0.1) is 0 Å². The fraction of sp³-hybridized carbons (Fsp3) is 0.583. The van der Waals surface area contributed by atoms with Crippen LogP contribution in [0.25, 0.3) is 0 Å². The molecule has 17 heavy (non-hydrogen) atoms. The summed E-state index contributed by atoms with van der Waals surface area (Å²) in [6, 6.07) is 2.26. The third kappa shape index (κ3) is 3.84. The van der Waals surface area contributed by atoms with Crippen molar-refractivity contribution < 1.29 is 4.74 Å². The summed E-state index contributed by atoms with van der Waals surface area (Å²) in [7, 11) is 0. The molecule has 0 aliphatic carbocycles. The molecule has 1 aliphatic rings. The van der Waals surface area contributed by atoms with Crippen LogP contribution in [0.4, 0.5) is 5.69 Å². The number of halogens is 1. The molecular weight excluding hydrogens is 238 g/mol. The van der Waals surface area contributed by atoms with Gasteiger partial charge in [0.05, 0.1) is 23.9 Å². The Bertz CT molecular complexity index is 355. The lowest BCUT2D eigenvalue weighted by atomic mass is 10.2. The van der Waals surface area contributed by atoms with Crippen LogP contribution in [0.2, 0.25) is 5.02 Å². The van der Waals surface area contributed by atoms with E-state index in [1.807, 2.05) is 6.07 Å². The molecule has 0 bridgehead atoms. The molecule has 0 aromatic carbocycles. The fourth-order valence-corrected chi connectivity index (χ4v) is 2.15. The van der Waals surface area contributed by atoms with Crippen molar-refractivity contribution in [3.8, 4) is 0 Å². The highest BCUT2D eigenvalue weighted by molar-refractivity contribution is 6.33. The number of nitrogens with zero attached hydrogens (tertiary/aromatic N) is 2. The lowest BCUT2D eigenvalue weighted by Gasteiger charge is -2.29. The predicted molar refractivity (Wildman–Crippen MR) is 69.6 cm³/mol. The van der Waals surface area contributed by atoms with Gasteiger partial charge in [-0.15, -0.1) is 0 Å². The van der Waals surface area contributed by atoms with Crippen molar-refractivity contribution in [3.63, 3.8) is 0 Å².